The van der Waals surface area contributed by atoms with Crippen molar-refractivity contribution in [1.82, 2.24) is 0 Å². The summed E-state index contributed by atoms with van der Waals surface area (Å²) in [6.45, 7) is 4.56. The Balaban J connectivity index is 2.68. The monoisotopic (exact) mass is 328 g/mol. The number of halogens is 3. The van der Waals surface area contributed by atoms with Crippen LogP contribution in [0.25, 0.3) is 0 Å². The van der Waals surface area contributed by atoms with Gasteiger partial charge in [-0.2, -0.15) is 0 Å². The zero-order chi connectivity index (χ0) is 15.3. The molecule has 0 bridgehead atoms. The number of benzene rings is 1. The van der Waals surface area contributed by atoms with Crippen molar-refractivity contribution in [2.24, 2.45) is 5.92 Å². The molecule has 0 amide bonds. The molecule has 0 spiro atoms. The van der Waals surface area contributed by atoms with Crippen molar-refractivity contribution in [1.29, 1.82) is 0 Å². The molecule has 0 unspecified atom stereocenters. The van der Waals surface area contributed by atoms with Gasteiger partial charge < -0.3 is 9.47 Å². The van der Waals surface area contributed by atoms with Gasteiger partial charge in [-0.05, 0) is 18.1 Å². The van der Waals surface area contributed by atoms with E-state index in [2.05, 4.69) is 0 Å². The molecule has 0 saturated heterocycles. The fraction of sp³-hybridized carbons (Fsp3) is 0.500. The van der Waals surface area contributed by atoms with Crippen LogP contribution >= 0.6 is 10.7 Å². The summed E-state index contributed by atoms with van der Waals surface area (Å²) in [5.41, 5.74) is 0. The summed E-state index contributed by atoms with van der Waals surface area (Å²) in [4.78, 5) is -0.655. The topological polar surface area (TPSA) is 52.6 Å². The molecule has 0 heterocycles. The summed E-state index contributed by atoms with van der Waals surface area (Å²) in [7, 11) is 0.817. The average molecular weight is 329 g/mol. The highest BCUT2D eigenvalue weighted by atomic mass is 35.7. The van der Waals surface area contributed by atoms with Gasteiger partial charge in [-0.15, -0.1) is 0 Å². The molecule has 0 atom stereocenters. The zero-order valence-corrected chi connectivity index (χ0v) is 12.6. The predicted octanol–water partition coefficient (Wildman–Crippen LogP) is 2.94. The Morgan fingerprint density at radius 1 is 1.20 bits per heavy atom. The highest BCUT2D eigenvalue weighted by Crippen LogP contribution is 2.27. The SMILES string of the molecule is CC(C)COCCOc1c(F)cc(S(=O)(=O)Cl)cc1F. The van der Waals surface area contributed by atoms with Gasteiger partial charge in [0.1, 0.15) is 6.61 Å². The molecule has 1 aromatic carbocycles. The van der Waals surface area contributed by atoms with Gasteiger partial charge in [0.05, 0.1) is 11.5 Å². The van der Waals surface area contributed by atoms with E-state index in [-0.39, 0.29) is 13.2 Å². The molecule has 0 aliphatic carbocycles. The van der Waals surface area contributed by atoms with Crippen LogP contribution in [0.1, 0.15) is 13.8 Å². The van der Waals surface area contributed by atoms with E-state index in [0.29, 0.717) is 24.7 Å². The lowest BCUT2D eigenvalue weighted by Gasteiger charge is -2.10. The summed E-state index contributed by atoms with van der Waals surface area (Å²) in [6.07, 6.45) is 0. The molecule has 1 rings (SSSR count). The van der Waals surface area contributed by atoms with E-state index in [0.717, 1.165) is 0 Å². The maximum Gasteiger partial charge on any atom is 0.261 e. The lowest BCUT2D eigenvalue weighted by atomic mass is 10.2. The predicted molar refractivity (Wildman–Crippen MR) is 70.5 cm³/mol. The number of hydrogen-bond donors (Lipinski definition) is 0. The van der Waals surface area contributed by atoms with Crippen molar-refractivity contribution >= 4 is 19.7 Å². The summed E-state index contributed by atoms with van der Waals surface area (Å²) in [6, 6.07) is 1.21. The molecule has 0 aromatic heterocycles. The summed E-state index contributed by atoms with van der Waals surface area (Å²) < 4.78 is 59.2. The van der Waals surface area contributed by atoms with Crippen molar-refractivity contribution in [3.05, 3.63) is 23.8 Å². The van der Waals surface area contributed by atoms with Crippen molar-refractivity contribution in [2.75, 3.05) is 19.8 Å². The van der Waals surface area contributed by atoms with E-state index in [9.17, 15) is 17.2 Å². The van der Waals surface area contributed by atoms with Crippen LogP contribution in [0.15, 0.2) is 17.0 Å². The van der Waals surface area contributed by atoms with E-state index in [4.69, 9.17) is 20.2 Å². The molecule has 1 aromatic rings. The standard InChI is InChI=1S/C12H15ClF2O4S/c1-8(2)7-18-3-4-19-12-10(14)5-9(6-11(12)15)20(13,16)17/h5-6,8H,3-4,7H2,1-2H3. The van der Waals surface area contributed by atoms with E-state index in [1.807, 2.05) is 13.8 Å². The lowest BCUT2D eigenvalue weighted by molar-refractivity contribution is 0.0795. The second-order valence-corrected chi connectivity index (χ2v) is 7.04. The van der Waals surface area contributed by atoms with Crippen molar-refractivity contribution < 1.29 is 26.7 Å². The van der Waals surface area contributed by atoms with Crippen molar-refractivity contribution in [3.63, 3.8) is 0 Å². The van der Waals surface area contributed by atoms with Crippen LogP contribution < -0.4 is 4.74 Å². The average Bonchev–Trinajstić information content (AvgIpc) is 2.29. The smallest absolute Gasteiger partial charge is 0.261 e. The Kier molecular flexibility index (Phi) is 6.16. The van der Waals surface area contributed by atoms with Gasteiger partial charge >= 0.3 is 0 Å². The molecule has 0 saturated carbocycles. The third kappa shape index (κ3) is 5.22. The fourth-order valence-electron chi connectivity index (χ4n) is 1.34. The molecule has 0 N–H and O–H groups in total. The molecule has 0 radical (unpaired) electrons. The second kappa shape index (κ2) is 7.19. The minimum absolute atomic E-state index is 0.0481. The molecule has 0 aliphatic heterocycles. The van der Waals surface area contributed by atoms with Crippen LogP contribution in [0.2, 0.25) is 0 Å². The van der Waals surface area contributed by atoms with Crippen LogP contribution in [0.4, 0.5) is 8.78 Å². The first-order valence-corrected chi connectivity index (χ1v) is 8.17. The fourth-order valence-corrected chi connectivity index (χ4v) is 2.09. The largest absolute Gasteiger partial charge is 0.485 e. The van der Waals surface area contributed by atoms with Crippen LogP contribution in [0.3, 0.4) is 0 Å². The van der Waals surface area contributed by atoms with E-state index >= 15 is 0 Å². The zero-order valence-electron chi connectivity index (χ0n) is 11.0. The van der Waals surface area contributed by atoms with E-state index < -0.39 is 31.3 Å². The van der Waals surface area contributed by atoms with Gasteiger partial charge in [-0.1, -0.05) is 13.8 Å². The maximum atomic E-state index is 13.5. The quantitative estimate of drug-likeness (QED) is 0.570. The van der Waals surface area contributed by atoms with E-state index in [1.165, 1.54) is 0 Å². The van der Waals surface area contributed by atoms with Crippen LogP contribution in [-0.2, 0) is 13.8 Å². The molecule has 4 nitrogen and oxygen atoms in total. The van der Waals surface area contributed by atoms with Crippen molar-refractivity contribution in [2.45, 2.75) is 18.7 Å². The van der Waals surface area contributed by atoms with Gasteiger partial charge in [0.15, 0.2) is 17.4 Å². The molecule has 20 heavy (non-hydrogen) atoms. The minimum atomic E-state index is -4.19. The van der Waals surface area contributed by atoms with Crippen molar-refractivity contribution in [3.8, 4) is 5.75 Å². The second-order valence-electron chi connectivity index (χ2n) is 4.47. The lowest BCUT2D eigenvalue weighted by Crippen LogP contribution is -2.11. The first-order valence-electron chi connectivity index (χ1n) is 5.86. The number of ether oxygens (including phenoxy) is 2. The Hall–Kier alpha value is -0.920. The maximum absolute atomic E-state index is 13.5. The Morgan fingerprint density at radius 3 is 2.20 bits per heavy atom. The van der Waals surface area contributed by atoms with Crippen LogP contribution in [-0.4, -0.2) is 28.2 Å². The first-order chi connectivity index (χ1) is 9.21. The van der Waals surface area contributed by atoms with Gasteiger partial charge in [0.2, 0.25) is 0 Å². The highest BCUT2D eigenvalue weighted by molar-refractivity contribution is 8.13. The van der Waals surface area contributed by atoms with Gasteiger partial charge in [0.25, 0.3) is 9.05 Å². The minimum Gasteiger partial charge on any atom is -0.485 e. The van der Waals surface area contributed by atoms with Gasteiger partial charge in [-0.3, -0.25) is 0 Å². The third-order valence-corrected chi connectivity index (χ3v) is 3.51. The summed E-state index contributed by atoms with van der Waals surface area (Å²) in [5.74, 6) is -2.57. The van der Waals surface area contributed by atoms with Crippen LogP contribution in [0.5, 0.6) is 5.75 Å². The molecule has 0 fully saturated rings. The Morgan fingerprint density at radius 2 is 1.75 bits per heavy atom. The molecule has 114 valence electrons. The third-order valence-electron chi connectivity index (χ3n) is 2.18. The molecular formula is C12H15ClF2O4S. The highest BCUT2D eigenvalue weighted by Gasteiger charge is 2.18. The Bertz CT molecular complexity index is 538. The normalized spacial score (nSPS) is 11.9. The van der Waals surface area contributed by atoms with Gasteiger partial charge in [0, 0.05) is 17.3 Å². The number of rotatable bonds is 7. The molecule has 8 heteroatoms. The van der Waals surface area contributed by atoms with Gasteiger partial charge in [-0.25, -0.2) is 17.2 Å². The number of hydrogen-bond acceptors (Lipinski definition) is 4. The molecular weight excluding hydrogens is 314 g/mol. The summed E-state index contributed by atoms with van der Waals surface area (Å²) >= 11 is 0. The summed E-state index contributed by atoms with van der Waals surface area (Å²) in [5, 5.41) is 0. The first kappa shape index (κ1) is 17.1. The Labute approximate surface area is 121 Å². The van der Waals surface area contributed by atoms with E-state index in [1.54, 1.807) is 0 Å². The van der Waals surface area contributed by atoms with Crippen LogP contribution in [0, 0.1) is 17.6 Å². The molecule has 0 aliphatic rings.